The van der Waals surface area contributed by atoms with Crippen LogP contribution in [0.4, 0.5) is 5.82 Å². The molecular weight excluding hydrogens is 485 g/mol. The first-order chi connectivity index (χ1) is 17.0. The zero-order valence-corrected chi connectivity index (χ0v) is 20.6. The Labute approximate surface area is 214 Å². The molecule has 3 aromatic rings. The van der Waals surface area contributed by atoms with Gasteiger partial charge in [0.05, 0.1) is 21.3 Å². The third kappa shape index (κ3) is 5.81. The van der Waals surface area contributed by atoms with E-state index in [1.165, 1.54) is 4.90 Å². The van der Waals surface area contributed by atoms with Crippen molar-refractivity contribution in [3.05, 3.63) is 88.9 Å². The molecule has 35 heavy (non-hydrogen) atoms. The Bertz CT molecular complexity index is 1210. The molecule has 0 bridgehead atoms. The molecule has 0 atom stereocenters. The first-order valence-corrected chi connectivity index (χ1v) is 12.0. The van der Waals surface area contributed by atoms with Gasteiger partial charge in [-0.2, -0.15) is 0 Å². The standard InChI is InChI=1S/C26H25Cl2N5O2/c1-2-13-33(26(35)20-8-4-6-10-22(20)28)18-25(34)32-16-14-31(15-17-32)24-12-11-23(29-30-24)19-7-3-5-9-21(19)27/h2-12H,1,13-18H2. The van der Waals surface area contributed by atoms with Gasteiger partial charge in [0.25, 0.3) is 5.91 Å². The van der Waals surface area contributed by atoms with Gasteiger partial charge < -0.3 is 14.7 Å². The van der Waals surface area contributed by atoms with Crippen LogP contribution in [0, 0.1) is 0 Å². The highest BCUT2D eigenvalue weighted by Crippen LogP contribution is 2.26. The Balaban J connectivity index is 1.36. The van der Waals surface area contributed by atoms with Crippen LogP contribution in [0.1, 0.15) is 10.4 Å². The summed E-state index contributed by atoms with van der Waals surface area (Å²) in [5.74, 6) is 0.332. The Morgan fingerprint density at radius 3 is 2.23 bits per heavy atom. The van der Waals surface area contributed by atoms with Crippen molar-refractivity contribution in [3.8, 4) is 11.3 Å². The summed E-state index contributed by atoms with van der Waals surface area (Å²) in [6.45, 7) is 6.21. The maximum atomic E-state index is 13.0. The summed E-state index contributed by atoms with van der Waals surface area (Å²) in [4.78, 5) is 31.2. The smallest absolute Gasteiger partial charge is 0.256 e. The van der Waals surface area contributed by atoms with Gasteiger partial charge in [-0.05, 0) is 30.3 Å². The highest BCUT2D eigenvalue weighted by atomic mass is 35.5. The number of piperazine rings is 1. The number of anilines is 1. The van der Waals surface area contributed by atoms with Crippen LogP contribution < -0.4 is 4.90 Å². The second kappa shape index (κ2) is 11.3. The predicted molar refractivity (Wildman–Crippen MR) is 139 cm³/mol. The van der Waals surface area contributed by atoms with Gasteiger partial charge in [0.15, 0.2) is 5.82 Å². The fourth-order valence-corrected chi connectivity index (χ4v) is 4.38. The maximum Gasteiger partial charge on any atom is 0.256 e. The second-order valence-corrected chi connectivity index (χ2v) is 8.89. The zero-order valence-electron chi connectivity index (χ0n) is 19.1. The molecule has 9 heteroatoms. The number of hydrogen-bond acceptors (Lipinski definition) is 5. The molecule has 0 unspecified atom stereocenters. The van der Waals surface area contributed by atoms with Crippen molar-refractivity contribution < 1.29 is 9.59 Å². The topological polar surface area (TPSA) is 69.6 Å². The zero-order chi connectivity index (χ0) is 24.8. The highest BCUT2D eigenvalue weighted by molar-refractivity contribution is 6.34. The third-order valence-electron chi connectivity index (χ3n) is 5.82. The fraction of sp³-hybridized carbons (Fsp3) is 0.231. The van der Waals surface area contributed by atoms with Crippen LogP contribution in [-0.2, 0) is 4.79 Å². The monoisotopic (exact) mass is 509 g/mol. The van der Waals surface area contributed by atoms with Gasteiger partial charge >= 0.3 is 0 Å². The van der Waals surface area contributed by atoms with Crippen molar-refractivity contribution >= 4 is 40.8 Å². The van der Waals surface area contributed by atoms with E-state index in [1.54, 1.807) is 35.2 Å². The molecule has 0 N–H and O–H groups in total. The van der Waals surface area contributed by atoms with Crippen molar-refractivity contribution in [2.75, 3.05) is 44.2 Å². The predicted octanol–water partition coefficient (Wildman–Crippen LogP) is 4.43. The third-order valence-corrected chi connectivity index (χ3v) is 6.48. The SMILES string of the molecule is C=CCN(CC(=O)N1CCN(c2ccc(-c3ccccc3Cl)nn2)CC1)C(=O)c1ccccc1Cl. The molecule has 1 fully saturated rings. The lowest BCUT2D eigenvalue weighted by molar-refractivity contribution is -0.132. The van der Waals surface area contributed by atoms with Crippen molar-refractivity contribution in [1.82, 2.24) is 20.0 Å². The Morgan fingerprint density at radius 1 is 0.914 bits per heavy atom. The average molecular weight is 510 g/mol. The first kappa shape index (κ1) is 24.7. The van der Waals surface area contributed by atoms with Gasteiger partial charge in [-0.25, -0.2) is 0 Å². The molecule has 1 saturated heterocycles. The lowest BCUT2D eigenvalue weighted by Crippen LogP contribution is -2.52. The summed E-state index contributed by atoms with van der Waals surface area (Å²) in [6, 6.07) is 18.1. The van der Waals surface area contributed by atoms with E-state index in [0.717, 1.165) is 11.4 Å². The summed E-state index contributed by atoms with van der Waals surface area (Å²) in [5.41, 5.74) is 1.91. The number of amides is 2. The Kier molecular flexibility index (Phi) is 8.00. The molecule has 2 aromatic carbocycles. The van der Waals surface area contributed by atoms with Crippen LogP contribution in [-0.4, -0.2) is 71.1 Å². The molecule has 4 rings (SSSR count). The summed E-state index contributed by atoms with van der Waals surface area (Å²) in [7, 11) is 0. The van der Waals surface area contributed by atoms with Gasteiger partial charge in [0.2, 0.25) is 5.91 Å². The van der Waals surface area contributed by atoms with Gasteiger partial charge in [0.1, 0.15) is 6.54 Å². The van der Waals surface area contributed by atoms with Crippen molar-refractivity contribution in [2.24, 2.45) is 0 Å². The summed E-state index contributed by atoms with van der Waals surface area (Å²) < 4.78 is 0. The Hall–Kier alpha value is -3.42. The molecule has 0 radical (unpaired) electrons. The number of hydrogen-bond donors (Lipinski definition) is 0. The molecule has 2 heterocycles. The fourth-order valence-electron chi connectivity index (χ4n) is 3.93. The van der Waals surface area contributed by atoms with Gasteiger partial charge in [0, 0.05) is 38.3 Å². The van der Waals surface area contributed by atoms with E-state index < -0.39 is 0 Å². The minimum absolute atomic E-state index is 0.0393. The summed E-state index contributed by atoms with van der Waals surface area (Å²) >= 11 is 12.4. The minimum atomic E-state index is -0.295. The van der Waals surface area contributed by atoms with Gasteiger partial charge in [-0.3, -0.25) is 9.59 Å². The Morgan fingerprint density at radius 2 is 1.60 bits per heavy atom. The molecule has 7 nitrogen and oxygen atoms in total. The van der Waals surface area contributed by atoms with E-state index in [9.17, 15) is 9.59 Å². The summed E-state index contributed by atoms with van der Waals surface area (Å²) in [5, 5.41) is 9.68. The molecule has 180 valence electrons. The average Bonchev–Trinajstić information content (AvgIpc) is 2.89. The number of halogens is 2. The van der Waals surface area contributed by atoms with Crippen LogP contribution in [0.25, 0.3) is 11.3 Å². The van der Waals surface area contributed by atoms with E-state index in [-0.39, 0.29) is 24.9 Å². The van der Waals surface area contributed by atoms with Crippen molar-refractivity contribution in [2.45, 2.75) is 0 Å². The second-order valence-electron chi connectivity index (χ2n) is 8.08. The number of rotatable bonds is 7. The molecular formula is C26H25Cl2N5O2. The highest BCUT2D eigenvalue weighted by Gasteiger charge is 2.26. The van der Waals surface area contributed by atoms with Crippen LogP contribution in [0.3, 0.4) is 0 Å². The lowest BCUT2D eigenvalue weighted by Gasteiger charge is -2.36. The van der Waals surface area contributed by atoms with Crippen LogP contribution in [0.2, 0.25) is 10.0 Å². The largest absolute Gasteiger partial charge is 0.352 e. The molecule has 1 aliphatic rings. The maximum absolute atomic E-state index is 13.0. The minimum Gasteiger partial charge on any atom is -0.352 e. The number of aromatic nitrogens is 2. The number of carbonyl (C=O) groups is 2. The van der Waals surface area contributed by atoms with Crippen LogP contribution in [0.5, 0.6) is 0 Å². The molecule has 0 aliphatic carbocycles. The molecule has 1 aliphatic heterocycles. The van der Waals surface area contributed by atoms with E-state index in [4.69, 9.17) is 23.2 Å². The van der Waals surface area contributed by atoms with E-state index in [0.29, 0.717) is 47.5 Å². The quantitative estimate of drug-likeness (QED) is 0.440. The van der Waals surface area contributed by atoms with Crippen molar-refractivity contribution in [1.29, 1.82) is 0 Å². The number of nitrogens with zero attached hydrogens (tertiary/aromatic N) is 5. The van der Waals surface area contributed by atoms with E-state index in [2.05, 4.69) is 21.7 Å². The summed E-state index contributed by atoms with van der Waals surface area (Å²) in [6.07, 6.45) is 1.60. The molecule has 1 aromatic heterocycles. The molecule has 0 spiro atoms. The van der Waals surface area contributed by atoms with Gasteiger partial charge in [-0.15, -0.1) is 16.8 Å². The normalized spacial score (nSPS) is 13.4. The van der Waals surface area contributed by atoms with Crippen LogP contribution in [0.15, 0.2) is 73.3 Å². The molecule has 0 saturated carbocycles. The van der Waals surface area contributed by atoms with E-state index >= 15 is 0 Å². The van der Waals surface area contributed by atoms with Crippen molar-refractivity contribution in [3.63, 3.8) is 0 Å². The van der Waals surface area contributed by atoms with Gasteiger partial charge in [-0.1, -0.05) is 59.6 Å². The molecule has 2 amide bonds. The number of carbonyl (C=O) groups excluding carboxylic acids is 2. The van der Waals surface area contributed by atoms with Crippen LogP contribution >= 0.6 is 23.2 Å². The number of benzene rings is 2. The first-order valence-electron chi connectivity index (χ1n) is 11.2. The van der Waals surface area contributed by atoms with E-state index in [1.807, 2.05) is 36.4 Å². The lowest BCUT2D eigenvalue weighted by atomic mass is 10.1.